The molecule has 0 saturated heterocycles. The number of hydrogen-bond acceptors (Lipinski definition) is 2. The average Bonchev–Trinajstić information content (AvgIpc) is 2.07. The fourth-order valence-electron chi connectivity index (χ4n) is 1.19. The van der Waals surface area contributed by atoms with Crippen molar-refractivity contribution < 1.29 is 9.90 Å². The Morgan fingerprint density at radius 1 is 1.64 bits per heavy atom. The summed E-state index contributed by atoms with van der Waals surface area (Å²) in [7, 11) is 0. The van der Waals surface area contributed by atoms with Gasteiger partial charge in [-0.3, -0.25) is 0 Å². The topological polar surface area (TPSA) is 63.3 Å². The van der Waals surface area contributed by atoms with Gasteiger partial charge in [0.05, 0.1) is 5.56 Å². The molecule has 0 amide bonds. The monoisotopic (exact) mass is 305 g/mol. The zero-order valence-electron chi connectivity index (χ0n) is 7.83. The second kappa shape index (κ2) is 4.75. The van der Waals surface area contributed by atoms with Crippen molar-refractivity contribution in [3.05, 3.63) is 32.9 Å². The van der Waals surface area contributed by atoms with Gasteiger partial charge in [-0.1, -0.05) is 6.07 Å². The van der Waals surface area contributed by atoms with Crippen LogP contribution in [0.3, 0.4) is 0 Å². The number of carboxylic acids is 1. The van der Waals surface area contributed by atoms with Crippen LogP contribution >= 0.6 is 22.6 Å². The molecule has 1 atom stereocenters. The van der Waals surface area contributed by atoms with E-state index in [1.165, 1.54) is 0 Å². The summed E-state index contributed by atoms with van der Waals surface area (Å²) in [4.78, 5) is 10.7. The standard InChI is InChI=1S/C10H12INO2/c1-6(12)4-7-2-3-8(10(13)14)5-9(7)11/h2-3,5-6H,4,12H2,1H3,(H,13,14)/t6-/m0/s1. The van der Waals surface area contributed by atoms with Crippen molar-refractivity contribution in [2.75, 3.05) is 0 Å². The maximum absolute atomic E-state index is 10.7. The first-order chi connectivity index (χ1) is 6.50. The van der Waals surface area contributed by atoms with Crippen molar-refractivity contribution in [1.82, 2.24) is 0 Å². The highest BCUT2D eigenvalue weighted by atomic mass is 127. The quantitative estimate of drug-likeness (QED) is 0.838. The minimum atomic E-state index is -0.893. The van der Waals surface area contributed by atoms with E-state index in [-0.39, 0.29) is 6.04 Å². The predicted octanol–water partition coefficient (Wildman–Crippen LogP) is 1.88. The van der Waals surface area contributed by atoms with Gasteiger partial charge in [-0.25, -0.2) is 4.79 Å². The van der Waals surface area contributed by atoms with E-state index >= 15 is 0 Å². The molecule has 3 N–H and O–H groups in total. The molecule has 0 aliphatic carbocycles. The van der Waals surface area contributed by atoms with E-state index in [2.05, 4.69) is 22.6 Å². The van der Waals surface area contributed by atoms with Crippen LogP contribution in [0.25, 0.3) is 0 Å². The van der Waals surface area contributed by atoms with E-state index in [1.54, 1.807) is 12.1 Å². The van der Waals surface area contributed by atoms with E-state index in [9.17, 15) is 4.79 Å². The highest BCUT2D eigenvalue weighted by Gasteiger charge is 2.07. The van der Waals surface area contributed by atoms with Gasteiger partial charge in [-0.15, -0.1) is 0 Å². The first-order valence-corrected chi connectivity index (χ1v) is 5.36. The molecule has 0 spiro atoms. The van der Waals surface area contributed by atoms with Crippen LogP contribution in [0.5, 0.6) is 0 Å². The first-order valence-electron chi connectivity index (χ1n) is 4.28. The van der Waals surface area contributed by atoms with Gasteiger partial charge in [0.25, 0.3) is 0 Å². The van der Waals surface area contributed by atoms with Gasteiger partial charge >= 0.3 is 5.97 Å². The Bertz CT molecular complexity index is 350. The fourth-order valence-corrected chi connectivity index (χ4v) is 1.93. The lowest BCUT2D eigenvalue weighted by Gasteiger charge is -2.08. The molecule has 76 valence electrons. The van der Waals surface area contributed by atoms with Crippen LogP contribution in [0.2, 0.25) is 0 Å². The number of benzene rings is 1. The molecule has 0 saturated carbocycles. The van der Waals surface area contributed by atoms with E-state index in [0.29, 0.717) is 5.56 Å². The maximum Gasteiger partial charge on any atom is 0.335 e. The maximum atomic E-state index is 10.7. The summed E-state index contributed by atoms with van der Waals surface area (Å²) >= 11 is 2.13. The molecule has 0 bridgehead atoms. The van der Waals surface area contributed by atoms with Crippen LogP contribution in [-0.2, 0) is 6.42 Å². The first kappa shape index (κ1) is 11.5. The second-order valence-corrected chi connectivity index (χ2v) is 4.45. The smallest absolute Gasteiger partial charge is 0.335 e. The van der Waals surface area contributed by atoms with Gasteiger partial charge in [0.1, 0.15) is 0 Å². The Balaban J connectivity index is 2.95. The minimum Gasteiger partial charge on any atom is -0.478 e. The number of carbonyl (C=O) groups is 1. The van der Waals surface area contributed by atoms with Crippen LogP contribution in [0.4, 0.5) is 0 Å². The lowest BCUT2D eigenvalue weighted by atomic mass is 10.1. The summed E-state index contributed by atoms with van der Waals surface area (Å²) in [5.74, 6) is -0.893. The normalized spacial score (nSPS) is 12.5. The van der Waals surface area contributed by atoms with Crippen molar-refractivity contribution in [3.8, 4) is 0 Å². The Labute approximate surface area is 96.4 Å². The Hall–Kier alpha value is -0.620. The summed E-state index contributed by atoms with van der Waals surface area (Å²) in [6.07, 6.45) is 0.776. The van der Waals surface area contributed by atoms with E-state index in [1.807, 2.05) is 13.0 Å². The molecule has 0 fully saturated rings. The van der Waals surface area contributed by atoms with Crippen molar-refractivity contribution in [2.45, 2.75) is 19.4 Å². The summed E-state index contributed by atoms with van der Waals surface area (Å²) in [6.45, 7) is 1.93. The third-order valence-electron chi connectivity index (χ3n) is 1.84. The van der Waals surface area contributed by atoms with E-state index < -0.39 is 5.97 Å². The highest BCUT2D eigenvalue weighted by molar-refractivity contribution is 14.1. The average molecular weight is 305 g/mol. The molecule has 0 heterocycles. The van der Waals surface area contributed by atoms with Gasteiger partial charge < -0.3 is 10.8 Å². The summed E-state index contributed by atoms with van der Waals surface area (Å²) < 4.78 is 0.958. The molecule has 14 heavy (non-hydrogen) atoms. The number of carboxylic acid groups (broad SMARTS) is 1. The molecule has 0 unspecified atom stereocenters. The van der Waals surface area contributed by atoms with Crippen molar-refractivity contribution in [2.24, 2.45) is 5.73 Å². The summed E-state index contributed by atoms with van der Waals surface area (Å²) in [6, 6.07) is 5.21. The SMILES string of the molecule is C[C@H](N)Cc1ccc(C(=O)O)cc1I. The molecule has 4 heteroatoms. The molecule has 1 aromatic carbocycles. The van der Waals surface area contributed by atoms with E-state index in [4.69, 9.17) is 10.8 Å². The predicted molar refractivity (Wildman–Crippen MR) is 63.5 cm³/mol. The number of rotatable bonds is 3. The number of nitrogens with two attached hydrogens (primary N) is 1. The highest BCUT2D eigenvalue weighted by Crippen LogP contribution is 2.16. The van der Waals surface area contributed by atoms with Crippen LogP contribution in [0.15, 0.2) is 18.2 Å². The molecule has 0 aliphatic heterocycles. The largest absolute Gasteiger partial charge is 0.478 e. The van der Waals surface area contributed by atoms with Gasteiger partial charge in [-0.2, -0.15) is 0 Å². The van der Waals surface area contributed by atoms with Crippen molar-refractivity contribution in [3.63, 3.8) is 0 Å². The van der Waals surface area contributed by atoms with Gasteiger partial charge in [0.15, 0.2) is 0 Å². The number of hydrogen-bond donors (Lipinski definition) is 2. The Morgan fingerprint density at radius 2 is 2.29 bits per heavy atom. The van der Waals surface area contributed by atoms with Gasteiger partial charge in [0, 0.05) is 9.61 Å². The molecule has 1 rings (SSSR count). The summed E-state index contributed by atoms with van der Waals surface area (Å²) in [5.41, 5.74) is 7.10. The molecule has 0 aromatic heterocycles. The van der Waals surface area contributed by atoms with Crippen LogP contribution in [0, 0.1) is 3.57 Å². The van der Waals surface area contributed by atoms with E-state index in [0.717, 1.165) is 15.6 Å². The lowest BCUT2D eigenvalue weighted by molar-refractivity contribution is 0.0697. The molecule has 0 aliphatic rings. The second-order valence-electron chi connectivity index (χ2n) is 3.29. The van der Waals surface area contributed by atoms with Crippen molar-refractivity contribution in [1.29, 1.82) is 0 Å². The molecule has 3 nitrogen and oxygen atoms in total. The molecular formula is C10H12INO2. The Kier molecular flexibility index (Phi) is 3.88. The molecular weight excluding hydrogens is 293 g/mol. The van der Waals surface area contributed by atoms with Gasteiger partial charge in [0.2, 0.25) is 0 Å². The lowest BCUT2D eigenvalue weighted by Crippen LogP contribution is -2.18. The minimum absolute atomic E-state index is 0.0965. The zero-order chi connectivity index (χ0) is 10.7. The number of halogens is 1. The Morgan fingerprint density at radius 3 is 2.71 bits per heavy atom. The van der Waals surface area contributed by atoms with Crippen molar-refractivity contribution >= 4 is 28.6 Å². The molecule has 0 radical (unpaired) electrons. The van der Waals surface area contributed by atoms with Crippen LogP contribution in [-0.4, -0.2) is 17.1 Å². The van der Waals surface area contributed by atoms with Gasteiger partial charge in [-0.05, 0) is 53.6 Å². The number of aromatic carboxylic acids is 1. The third-order valence-corrected chi connectivity index (χ3v) is 2.85. The summed E-state index contributed by atoms with van der Waals surface area (Å²) in [5, 5.41) is 8.75. The van der Waals surface area contributed by atoms with Crippen LogP contribution < -0.4 is 5.73 Å². The molecule has 1 aromatic rings. The fraction of sp³-hybridized carbons (Fsp3) is 0.300. The van der Waals surface area contributed by atoms with Crippen LogP contribution in [0.1, 0.15) is 22.8 Å². The zero-order valence-corrected chi connectivity index (χ0v) is 9.98. The third kappa shape index (κ3) is 2.95.